The highest BCUT2D eigenvalue weighted by atomic mass is 35.5. The van der Waals surface area contributed by atoms with Crippen LogP contribution in [0.25, 0.3) is 0 Å². The van der Waals surface area contributed by atoms with Gasteiger partial charge in [0.15, 0.2) is 13.9 Å². The monoisotopic (exact) mass is 661 g/mol. The lowest BCUT2D eigenvalue weighted by Gasteiger charge is -2.32. The van der Waals surface area contributed by atoms with E-state index in [-0.39, 0.29) is 43.3 Å². The van der Waals surface area contributed by atoms with Crippen LogP contribution in [0.3, 0.4) is 0 Å². The van der Waals surface area contributed by atoms with Gasteiger partial charge in [0.2, 0.25) is 5.91 Å². The molecule has 0 aromatic heterocycles. The maximum atomic E-state index is 14.7. The number of hydrogen-bond donors (Lipinski definition) is 3. The number of benzene rings is 3. The maximum Gasteiger partial charge on any atom is 0.264 e. The number of rotatable bonds is 8. The van der Waals surface area contributed by atoms with Crippen molar-refractivity contribution in [2.24, 2.45) is 5.92 Å². The highest BCUT2D eigenvalue weighted by Gasteiger charge is 2.66. The third-order valence-corrected chi connectivity index (χ3v) is 12.5. The first-order valence-corrected chi connectivity index (χ1v) is 19.2. The Morgan fingerprint density at radius 2 is 1.85 bits per heavy atom. The van der Waals surface area contributed by atoms with Gasteiger partial charge in [0, 0.05) is 39.8 Å². The molecular weight excluding hydrogens is 622 g/mol. The molecule has 3 N–H and O–H groups in total. The van der Waals surface area contributed by atoms with Crippen LogP contribution in [0.1, 0.15) is 47.7 Å². The predicted octanol–water partition coefficient (Wildman–Crippen LogP) is 5.31. The van der Waals surface area contributed by atoms with E-state index >= 15 is 0 Å². The molecule has 3 aliphatic rings. The molecule has 0 radical (unpaired) electrons. The minimum absolute atomic E-state index is 0.0105. The van der Waals surface area contributed by atoms with Crippen LogP contribution >= 0.6 is 11.6 Å². The Kier molecular flexibility index (Phi) is 8.86. The van der Waals surface area contributed by atoms with Crippen LogP contribution in [0.5, 0.6) is 0 Å². The summed E-state index contributed by atoms with van der Waals surface area (Å²) in [5.74, 6) is -1.10. The molecule has 0 bridgehead atoms. The van der Waals surface area contributed by atoms with Crippen molar-refractivity contribution >= 4 is 49.0 Å². The summed E-state index contributed by atoms with van der Waals surface area (Å²) in [5, 5.41) is 13.2. The molecule has 3 aromatic rings. The van der Waals surface area contributed by atoms with Crippen molar-refractivity contribution in [3.63, 3.8) is 0 Å². The Morgan fingerprint density at radius 3 is 2.57 bits per heavy atom. The van der Waals surface area contributed by atoms with Gasteiger partial charge in [-0.1, -0.05) is 48.9 Å². The van der Waals surface area contributed by atoms with Gasteiger partial charge in [-0.2, -0.15) is 0 Å². The number of hydrogen-bond acceptors (Lipinski definition) is 6. The molecule has 5 atom stereocenters. The fourth-order valence-electron chi connectivity index (χ4n) is 7.77. The number of aliphatic hydroxyl groups is 1. The number of ether oxygens (including phenoxy) is 1. The molecule has 3 aliphatic heterocycles. The molecule has 9 nitrogen and oxygen atoms in total. The van der Waals surface area contributed by atoms with Gasteiger partial charge in [-0.3, -0.25) is 14.4 Å². The van der Waals surface area contributed by atoms with E-state index < -0.39 is 31.5 Å². The molecule has 1 spiro atoms. The molecule has 3 aromatic carbocycles. The van der Waals surface area contributed by atoms with Gasteiger partial charge in [0.1, 0.15) is 0 Å². The van der Waals surface area contributed by atoms with Crippen LogP contribution in [0, 0.1) is 5.92 Å². The van der Waals surface area contributed by atoms with E-state index in [2.05, 4.69) is 5.32 Å². The first-order valence-electron chi connectivity index (χ1n) is 15.8. The number of fused-ring (bicyclic) bond motifs is 2. The summed E-state index contributed by atoms with van der Waals surface area (Å²) >= 11 is 6.52. The first-order chi connectivity index (χ1) is 21.9. The van der Waals surface area contributed by atoms with Crippen LogP contribution in [0.2, 0.25) is 23.7 Å². The Hall–Kier alpha value is -3.54. The van der Waals surface area contributed by atoms with Crippen LogP contribution in [0.15, 0.2) is 72.8 Å². The molecule has 2 fully saturated rings. The molecule has 0 saturated carbocycles. The molecule has 2 saturated heterocycles. The Morgan fingerprint density at radius 1 is 1.09 bits per heavy atom. The molecular formula is C35H40ClN3O6Si. The van der Waals surface area contributed by atoms with Gasteiger partial charge in [-0.05, 0) is 74.0 Å². The maximum absolute atomic E-state index is 14.7. The lowest BCUT2D eigenvalue weighted by Crippen LogP contribution is -2.46. The first kappa shape index (κ1) is 32.4. The van der Waals surface area contributed by atoms with E-state index in [1.165, 1.54) is 0 Å². The van der Waals surface area contributed by atoms with Gasteiger partial charge in [-0.25, -0.2) is 0 Å². The zero-order valence-corrected chi connectivity index (χ0v) is 28.0. The molecule has 242 valence electrons. The normalized spacial score (nSPS) is 25.7. The number of halogens is 1. The summed E-state index contributed by atoms with van der Waals surface area (Å²) in [5.41, 5.74) is 1.36. The summed E-state index contributed by atoms with van der Waals surface area (Å²) in [7, 11) is -2.98. The quantitative estimate of drug-likeness (QED) is 0.282. The molecule has 6 rings (SSSR count). The smallest absolute Gasteiger partial charge is 0.264 e. The predicted molar refractivity (Wildman–Crippen MR) is 179 cm³/mol. The Bertz CT molecular complexity index is 1650. The van der Waals surface area contributed by atoms with Crippen LogP contribution in [-0.4, -0.2) is 66.1 Å². The van der Waals surface area contributed by atoms with Crippen molar-refractivity contribution in [2.75, 3.05) is 23.4 Å². The van der Waals surface area contributed by atoms with Crippen molar-refractivity contribution in [3.8, 4) is 0 Å². The number of carbonyl (C=O) groups is 3. The van der Waals surface area contributed by atoms with Crippen LogP contribution in [-0.2, 0) is 26.5 Å². The van der Waals surface area contributed by atoms with Crippen molar-refractivity contribution in [3.05, 3.63) is 94.5 Å². The van der Waals surface area contributed by atoms with Gasteiger partial charge in [-0.15, -0.1) is 0 Å². The topological polar surface area (TPSA) is 119 Å². The average molecular weight is 662 g/mol. The summed E-state index contributed by atoms with van der Waals surface area (Å²) in [6, 6.07) is 21.4. The van der Waals surface area contributed by atoms with Crippen LogP contribution < -0.4 is 10.2 Å². The minimum Gasteiger partial charge on any atom is -0.432 e. The Balaban J connectivity index is 1.31. The fourth-order valence-corrected chi connectivity index (χ4v) is 10.5. The van der Waals surface area contributed by atoms with E-state index in [1.54, 1.807) is 52.3 Å². The van der Waals surface area contributed by atoms with E-state index in [0.29, 0.717) is 34.1 Å². The second kappa shape index (κ2) is 12.6. The SMILES string of the molecule is C[C@@H]1[C@@H]([Si](C)(C)O)[C@H](CC(=O)N2CCC[C@H]2CO)O[C@@]12C(=O)N(Cc1cccc(NC(=O)c3ccccc3)c1)c1ccc(Cl)cc12. The summed E-state index contributed by atoms with van der Waals surface area (Å²) in [6.45, 7) is 6.26. The summed E-state index contributed by atoms with van der Waals surface area (Å²) in [6.07, 6.45) is 0.884. The number of carbonyl (C=O) groups excluding carboxylic acids is 3. The van der Waals surface area contributed by atoms with E-state index in [9.17, 15) is 24.3 Å². The van der Waals surface area contributed by atoms with E-state index in [0.717, 1.165) is 18.4 Å². The molecule has 46 heavy (non-hydrogen) atoms. The molecule has 0 aliphatic carbocycles. The average Bonchev–Trinajstić information content (AvgIpc) is 3.68. The molecule has 3 heterocycles. The van der Waals surface area contributed by atoms with Gasteiger partial charge < -0.3 is 29.8 Å². The zero-order valence-electron chi connectivity index (χ0n) is 26.3. The number of likely N-dealkylation sites (tertiary alicyclic amines) is 1. The van der Waals surface area contributed by atoms with Crippen molar-refractivity contribution in [1.29, 1.82) is 0 Å². The lowest BCUT2D eigenvalue weighted by atomic mass is 9.82. The fraction of sp³-hybridized carbons (Fsp3) is 0.400. The van der Waals surface area contributed by atoms with Gasteiger partial charge in [0.05, 0.1) is 37.4 Å². The third kappa shape index (κ3) is 5.77. The van der Waals surface area contributed by atoms with Gasteiger partial charge in [0.25, 0.3) is 11.8 Å². The number of aliphatic hydroxyl groups excluding tert-OH is 1. The highest BCUT2D eigenvalue weighted by molar-refractivity contribution is 6.71. The molecule has 3 amide bonds. The van der Waals surface area contributed by atoms with Gasteiger partial charge >= 0.3 is 0 Å². The lowest BCUT2D eigenvalue weighted by molar-refractivity contribution is -0.150. The second-order valence-electron chi connectivity index (χ2n) is 13.2. The zero-order chi connectivity index (χ0) is 32.8. The third-order valence-electron chi connectivity index (χ3n) is 9.79. The van der Waals surface area contributed by atoms with Crippen molar-refractivity contribution < 1.29 is 29.0 Å². The molecule has 0 unspecified atom stereocenters. The minimum atomic E-state index is -2.98. The highest BCUT2D eigenvalue weighted by Crippen LogP contribution is 2.60. The summed E-state index contributed by atoms with van der Waals surface area (Å²) < 4.78 is 6.81. The van der Waals surface area contributed by atoms with Crippen molar-refractivity contribution in [1.82, 2.24) is 4.90 Å². The van der Waals surface area contributed by atoms with Crippen LogP contribution in [0.4, 0.5) is 11.4 Å². The van der Waals surface area contributed by atoms with Crippen molar-refractivity contribution in [2.45, 2.75) is 69.1 Å². The Labute approximate surface area is 275 Å². The number of anilines is 2. The largest absolute Gasteiger partial charge is 0.432 e. The number of nitrogens with zero attached hydrogens (tertiary/aromatic N) is 2. The standard InChI is InChI=1S/C35H40ClN3O6Si/c1-22-32(46(2,3)44)30(19-31(41)38-16-8-13-27(38)21-40)45-35(22)28-18-25(36)14-15-29(28)39(34(35)43)20-23-9-7-12-26(17-23)37-33(42)24-10-5-4-6-11-24/h4-7,9-12,14-15,17-18,22,27,30,32,40,44H,8,13,16,19-21H2,1-3H3,(H,37,42)/t22-,27+,30+,32-,35+/m1/s1. The second-order valence-corrected chi connectivity index (χ2v) is 17.6. The number of amides is 3. The molecule has 11 heteroatoms. The summed E-state index contributed by atoms with van der Waals surface area (Å²) in [4.78, 5) is 56.0. The number of nitrogens with one attached hydrogen (secondary N) is 1. The van der Waals surface area contributed by atoms with E-state index in [4.69, 9.17) is 16.3 Å². The van der Waals surface area contributed by atoms with E-state index in [1.807, 2.05) is 50.3 Å².